The average Bonchev–Trinajstić information content (AvgIpc) is 2.33. The monoisotopic (exact) mass is 306 g/mol. The summed E-state index contributed by atoms with van der Waals surface area (Å²) in [6.45, 7) is 15.1. The molecule has 0 aliphatic heterocycles. The molecule has 0 rings (SSSR count). The van der Waals surface area contributed by atoms with Gasteiger partial charge >= 0.3 is 0 Å². The van der Waals surface area contributed by atoms with Gasteiger partial charge in [-0.05, 0) is 26.2 Å². The molecule has 0 radical (unpaired) electrons. The maximum absolute atomic E-state index is 5.51. The number of rotatable bonds is 8. The van der Waals surface area contributed by atoms with Crippen LogP contribution in [0.4, 0.5) is 0 Å². The van der Waals surface area contributed by atoms with E-state index in [0.717, 1.165) is 51.0 Å². The molecule has 0 fully saturated rings. The van der Waals surface area contributed by atoms with Gasteiger partial charge in [0.25, 0.3) is 0 Å². The summed E-state index contributed by atoms with van der Waals surface area (Å²) in [4.78, 5) is 4.60. The van der Waals surface area contributed by atoms with Crippen molar-refractivity contribution in [3.8, 4) is 0 Å². The second-order valence-electron chi connectivity index (χ2n) is 3.43. The zero-order chi connectivity index (χ0) is 12.8. The Morgan fingerprint density at radius 1 is 0.647 bits per heavy atom. The van der Waals surface area contributed by atoms with Crippen LogP contribution in [0.2, 0.25) is 0 Å². The van der Waals surface area contributed by atoms with Crippen molar-refractivity contribution < 1.29 is 0 Å². The minimum atomic E-state index is 0. The molecule has 108 valence electrons. The van der Waals surface area contributed by atoms with Gasteiger partial charge in [-0.25, -0.2) is 0 Å². The molecule has 0 aliphatic carbocycles. The molecule has 0 spiro atoms. The van der Waals surface area contributed by atoms with Gasteiger partial charge in [0.15, 0.2) is 0 Å². The van der Waals surface area contributed by atoms with Crippen molar-refractivity contribution in [1.82, 2.24) is 9.80 Å². The average molecular weight is 308 g/mol. The molecule has 0 aromatic rings. The standard InChI is InChI=1S/2C6H14ClN.ClH/c2*1-3-8(4-2)6-5-7;/h2*3-6H2,1-2H3;1H. The highest BCUT2D eigenvalue weighted by molar-refractivity contribution is 6.18. The van der Waals surface area contributed by atoms with Crippen LogP contribution < -0.4 is 0 Å². The van der Waals surface area contributed by atoms with Crippen molar-refractivity contribution in [3.63, 3.8) is 0 Å². The summed E-state index contributed by atoms with van der Waals surface area (Å²) in [6.07, 6.45) is 0. The van der Waals surface area contributed by atoms with E-state index < -0.39 is 0 Å². The minimum absolute atomic E-state index is 0. The molecule has 0 atom stereocenters. The van der Waals surface area contributed by atoms with Crippen LogP contribution in [-0.4, -0.2) is 60.8 Å². The van der Waals surface area contributed by atoms with E-state index in [1.807, 2.05) is 0 Å². The second kappa shape index (κ2) is 19.1. The van der Waals surface area contributed by atoms with E-state index in [9.17, 15) is 0 Å². The highest BCUT2D eigenvalue weighted by Crippen LogP contribution is 1.87. The van der Waals surface area contributed by atoms with Crippen molar-refractivity contribution in [3.05, 3.63) is 0 Å². The Morgan fingerprint density at radius 2 is 0.882 bits per heavy atom. The summed E-state index contributed by atoms with van der Waals surface area (Å²) < 4.78 is 0. The first-order valence-corrected chi connectivity index (χ1v) is 7.33. The first kappa shape index (κ1) is 22.9. The fraction of sp³-hybridized carbons (Fsp3) is 1.00. The SMILES string of the molecule is CCN(CC)CCCl.CCN(CC)CCCl.Cl. The maximum Gasteiger partial charge on any atom is 0.0351 e. The lowest BCUT2D eigenvalue weighted by Crippen LogP contribution is -2.24. The highest BCUT2D eigenvalue weighted by Gasteiger charge is 1.94. The number of hydrogen-bond donors (Lipinski definition) is 0. The Hall–Kier alpha value is 0.790. The van der Waals surface area contributed by atoms with Crippen LogP contribution in [0.15, 0.2) is 0 Å². The molecule has 0 heterocycles. The molecule has 0 saturated carbocycles. The molecule has 2 nitrogen and oxygen atoms in total. The van der Waals surface area contributed by atoms with Gasteiger partial charge in [0.05, 0.1) is 0 Å². The zero-order valence-electron chi connectivity index (χ0n) is 11.7. The van der Waals surface area contributed by atoms with Crippen LogP contribution in [0.5, 0.6) is 0 Å². The summed E-state index contributed by atoms with van der Waals surface area (Å²) in [5.74, 6) is 1.50. The number of hydrogen-bond acceptors (Lipinski definition) is 2. The largest absolute Gasteiger partial charge is 0.303 e. The van der Waals surface area contributed by atoms with E-state index >= 15 is 0 Å². The Balaban J connectivity index is -0.000000218. The van der Waals surface area contributed by atoms with Crippen molar-refractivity contribution >= 4 is 35.6 Å². The molecular formula is C12H29Cl3N2. The lowest BCUT2D eigenvalue weighted by molar-refractivity contribution is 0.323. The molecule has 0 aromatic heterocycles. The van der Waals surface area contributed by atoms with Crippen LogP contribution in [0, 0.1) is 0 Å². The van der Waals surface area contributed by atoms with Gasteiger partial charge in [0.1, 0.15) is 0 Å². The van der Waals surface area contributed by atoms with Crippen molar-refractivity contribution in [2.45, 2.75) is 27.7 Å². The number of alkyl halides is 2. The second-order valence-corrected chi connectivity index (χ2v) is 4.19. The fourth-order valence-electron chi connectivity index (χ4n) is 1.32. The van der Waals surface area contributed by atoms with Gasteiger partial charge in [-0.15, -0.1) is 35.6 Å². The molecular weight excluding hydrogens is 279 g/mol. The Labute approximate surface area is 124 Å². The highest BCUT2D eigenvalue weighted by atomic mass is 35.5. The minimum Gasteiger partial charge on any atom is -0.303 e. The smallest absolute Gasteiger partial charge is 0.0351 e. The van der Waals surface area contributed by atoms with Crippen LogP contribution >= 0.6 is 35.6 Å². The van der Waals surface area contributed by atoms with Gasteiger partial charge in [0, 0.05) is 24.8 Å². The van der Waals surface area contributed by atoms with Gasteiger partial charge < -0.3 is 9.80 Å². The van der Waals surface area contributed by atoms with E-state index in [0.29, 0.717) is 0 Å². The van der Waals surface area contributed by atoms with Crippen LogP contribution in [0.1, 0.15) is 27.7 Å². The van der Waals surface area contributed by atoms with Gasteiger partial charge in [-0.2, -0.15) is 0 Å². The van der Waals surface area contributed by atoms with E-state index in [-0.39, 0.29) is 12.4 Å². The first-order chi connectivity index (χ1) is 7.69. The van der Waals surface area contributed by atoms with Gasteiger partial charge in [-0.1, -0.05) is 27.7 Å². The first-order valence-electron chi connectivity index (χ1n) is 6.26. The topological polar surface area (TPSA) is 6.48 Å². The molecule has 0 N–H and O–H groups in total. The number of halogens is 3. The predicted octanol–water partition coefficient (Wildman–Crippen LogP) is 3.56. The van der Waals surface area contributed by atoms with Crippen molar-refractivity contribution in [2.24, 2.45) is 0 Å². The molecule has 0 amide bonds. The van der Waals surface area contributed by atoms with Crippen LogP contribution in [0.3, 0.4) is 0 Å². The third-order valence-corrected chi connectivity index (χ3v) is 2.93. The lowest BCUT2D eigenvalue weighted by atomic mass is 10.5. The third-order valence-electron chi connectivity index (χ3n) is 2.59. The summed E-state index contributed by atoms with van der Waals surface area (Å²) in [7, 11) is 0. The molecule has 0 bridgehead atoms. The molecule has 0 aromatic carbocycles. The Morgan fingerprint density at radius 3 is 0.941 bits per heavy atom. The van der Waals surface area contributed by atoms with Crippen molar-refractivity contribution in [2.75, 3.05) is 51.0 Å². The molecule has 0 unspecified atom stereocenters. The van der Waals surface area contributed by atoms with E-state index in [4.69, 9.17) is 23.2 Å². The van der Waals surface area contributed by atoms with Crippen LogP contribution in [-0.2, 0) is 0 Å². The molecule has 0 saturated heterocycles. The third kappa shape index (κ3) is 16.8. The fourth-order valence-corrected chi connectivity index (χ4v) is 1.80. The Kier molecular flexibility index (Phi) is 25.8. The van der Waals surface area contributed by atoms with Crippen LogP contribution in [0.25, 0.3) is 0 Å². The molecule has 0 aliphatic rings. The zero-order valence-corrected chi connectivity index (χ0v) is 14.0. The van der Waals surface area contributed by atoms with E-state index in [2.05, 4.69) is 37.5 Å². The summed E-state index contributed by atoms with van der Waals surface area (Å²) in [5.41, 5.74) is 0. The maximum atomic E-state index is 5.51. The van der Waals surface area contributed by atoms with Crippen molar-refractivity contribution in [1.29, 1.82) is 0 Å². The normalized spacial score (nSPS) is 9.88. The van der Waals surface area contributed by atoms with E-state index in [1.165, 1.54) is 0 Å². The molecule has 5 heteroatoms. The number of nitrogens with zero attached hydrogens (tertiary/aromatic N) is 2. The van der Waals surface area contributed by atoms with Gasteiger partial charge in [-0.3, -0.25) is 0 Å². The molecule has 17 heavy (non-hydrogen) atoms. The quantitative estimate of drug-likeness (QED) is 0.633. The van der Waals surface area contributed by atoms with E-state index in [1.54, 1.807) is 0 Å². The summed E-state index contributed by atoms with van der Waals surface area (Å²) >= 11 is 11.0. The lowest BCUT2D eigenvalue weighted by Gasteiger charge is -2.14. The predicted molar refractivity (Wildman–Crippen MR) is 84.3 cm³/mol. The summed E-state index contributed by atoms with van der Waals surface area (Å²) in [5, 5.41) is 0. The van der Waals surface area contributed by atoms with Gasteiger partial charge in [0.2, 0.25) is 0 Å². The Bertz CT molecular complexity index is 104. The summed E-state index contributed by atoms with van der Waals surface area (Å²) in [6, 6.07) is 0.